The molecule has 2 bridgehead atoms. The number of hydrogen-bond donors (Lipinski definition) is 5. The maximum absolute atomic E-state index is 14.8. The lowest BCUT2D eigenvalue weighted by molar-refractivity contribution is -0.265. The van der Waals surface area contributed by atoms with E-state index in [9.17, 15) is 44.1 Å². The Bertz CT molecular complexity index is 3260. The maximum atomic E-state index is 14.8. The fourth-order valence-corrected chi connectivity index (χ4v) is 14.9. The van der Waals surface area contributed by atoms with Crippen LogP contribution in [0.15, 0.2) is 72.4 Å². The number of ether oxygens (including phenoxy) is 7. The van der Waals surface area contributed by atoms with Crippen molar-refractivity contribution in [1.29, 1.82) is 0 Å². The van der Waals surface area contributed by atoms with Crippen molar-refractivity contribution >= 4 is 64.4 Å². The molecule has 1 saturated carbocycles. The summed E-state index contributed by atoms with van der Waals surface area (Å²) in [6, 6.07) is -2.07. The third kappa shape index (κ3) is 23.0. The summed E-state index contributed by atoms with van der Waals surface area (Å²) < 4.78 is 42.4. The second-order valence-electron chi connectivity index (χ2n) is 29.0. The molecule has 0 aromatic carbocycles. The number of cyclic esters (lactones) is 1. The van der Waals surface area contributed by atoms with Crippen molar-refractivity contribution in [3.05, 3.63) is 83.5 Å². The van der Waals surface area contributed by atoms with Gasteiger partial charge in [0.15, 0.2) is 11.6 Å². The lowest BCUT2D eigenvalue weighted by Crippen LogP contribution is -2.61. The zero-order valence-electron chi connectivity index (χ0n) is 62.0. The van der Waals surface area contributed by atoms with Crippen LogP contribution in [0.4, 0.5) is 11.9 Å². The minimum absolute atomic E-state index is 0.00856. The van der Waals surface area contributed by atoms with Crippen molar-refractivity contribution in [2.24, 2.45) is 35.3 Å². The standard InChI is InChI=1S/C75H113N11O16S/c1-47-16-12-11-13-17-48(2)62(96-8)40-57-21-19-52(6)75(95,102-57)69(92)70(93)86-24-15-14-18-59(86)71(94)100-63(41-60(88)49(3)37-51(5)67(91)68(98-10)66(90)50(4)36-47)58(76)38-54-20-22-61(64(39-54)97-9)101-74(103)81-44-55-42-77-72(78-43-55)85-31-29-83(30-32-85)65(89)23-34-99-35-33-82-25-27-84(28-26-82)73-79-45-56(46-80-73)53(7)87/h11-13,16-17,37,42-43,45-47,49-50,52,54,57-64,67-68,88,91,95H,14-15,18-36,38-41,44,76H2,1-10H3,(H,81,103)/b13-11?,16-12+,48-17?,51-37+/t47-,49-,50-,52-,54+,57+,58-,59+,60-,61-,62+,63+,64-,67-,68+,75-/m1/s1. The quantitative estimate of drug-likeness (QED) is 0.0310. The van der Waals surface area contributed by atoms with E-state index in [4.69, 9.17) is 51.1 Å². The largest absolute Gasteiger partial charge is 0.465 e. The predicted molar refractivity (Wildman–Crippen MR) is 390 cm³/mol. The van der Waals surface area contributed by atoms with Gasteiger partial charge in [0, 0.05) is 160 Å². The number of aromatic nitrogens is 4. The summed E-state index contributed by atoms with van der Waals surface area (Å²) in [6.45, 7) is 19.7. The summed E-state index contributed by atoms with van der Waals surface area (Å²) in [7, 11) is 4.55. The third-order valence-corrected chi connectivity index (χ3v) is 21.6. The van der Waals surface area contributed by atoms with Crippen molar-refractivity contribution in [2.75, 3.05) is 110 Å². The van der Waals surface area contributed by atoms with E-state index in [2.05, 4.69) is 40.0 Å². The Morgan fingerprint density at radius 2 is 1.45 bits per heavy atom. The number of aliphatic hydroxyl groups excluding tert-OH is 2. The van der Waals surface area contributed by atoms with Crippen LogP contribution in [0.25, 0.3) is 0 Å². The average Bonchev–Trinajstić information content (AvgIpc) is 0.774. The number of fused-ring (bicyclic) bond motifs is 3. The number of Topliss-reactive ketones (excluding diaryl/α,β-unsaturated/α-hetero) is 3. The van der Waals surface area contributed by atoms with Crippen LogP contribution in [0, 0.1) is 29.6 Å². The molecule has 0 spiro atoms. The van der Waals surface area contributed by atoms with Gasteiger partial charge in [-0.05, 0) is 120 Å². The number of piperidine rings is 1. The highest BCUT2D eigenvalue weighted by molar-refractivity contribution is 7.80. The van der Waals surface area contributed by atoms with Gasteiger partial charge in [-0.2, -0.15) is 0 Å². The minimum Gasteiger partial charge on any atom is -0.465 e. The third-order valence-electron chi connectivity index (χ3n) is 21.4. The van der Waals surface area contributed by atoms with Crippen LogP contribution in [0.1, 0.15) is 148 Å². The molecular weight excluding hydrogens is 1340 g/mol. The number of ketones is 3. The van der Waals surface area contributed by atoms with Crippen LogP contribution in [0.5, 0.6) is 0 Å². The van der Waals surface area contributed by atoms with Gasteiger partial charge in [0.2, 0.25) is 23.6 Å². The first-order valence-corrected chi connectivity index (χ1v) is 37.3. The van der Waals surface area contributed by atoms with Crippen LogP contribution in [0.3, 0.4) is 0 Å². The zero-order valence-corrected chi connectivity index (χ0v) is 62.8. The molecule has 0 radical (unpaired) electrons. The van der Waals surface area contributed by atoms with Crippen molar-refractivity contribution in [3.63, 3.8) is 0 Å². The summed E-state index contributed by atoms with van der Waals surface area (Å²) in [5.41, 5.74) is 9.66. The van der Waals surface area contributed by atoms with E-state index < -0.39 is 102 Å². The summed E-state index contributed by atoms with van der Waals surface area (Å²) in [4.78, 5) is 110. The van der Waals surface area contributed by atoms with Crippen molar-refractivity contribution in [3.8, 4) is 0 Å². The number of esters is 1. The normalized spacial score (nSPS) is 31.6. The van der Waals surface area contributed by atoms with Gasteiger partial charge in [0.25, 0.3) is 16.9 Å². The second-order valence-corrected chi connectivity index (χ2v) is 29.4. The number of piperazine rings is 2. The van der Waals surface area contributed by atoms with Gasteiger partial charge in [-0.25, -0.2) is 24.7 Å². The molecule has 1 aliphatic carbocycles. The molecule has 8 rings (SSSR count). The summed E-state index contributed by atoms with van der Waals surface area (Å²) in [5.74, 6) is -6.57. The van der Waals surface area contributed by atoms with Crippen LogP contribution < -0.4 is 20.9 Å². The summed E-state index contributed by atoms with van der Waals surface area (Å²) >= 11 is 5.70. The Hall–Kier alpha value is -6.57. The molecule has 16 atom stereocenters. The first kappa shape index (κ1) is 82.1. The van der Waals surface area contributed by atoms with Crippen molar-refractivity contribution < 1.29 is 77.2 Å². The molecule has 6 N–H and O–H groups in total. The fourth-order valence-electron chi connectivity index (χ4n) is 14.7. The predicted octanol–water partition coefficient (Wildman–Crippen LogP) is 5.42. The fraction of sp³-hybridized carbons (Fsp3) is 0.693. The number of rotatable bonds is 18. The first-order valence-electron chi connectivity index (χ1n) is 36.9. The van der Waals surface area contributed by atoms with E-state index in [1.807, 2.05) is 56.1 Å². The molecule has 5 fully saturated rings. The number of hydrogen-bond acceptors (Lipinski definition) is 25. The van der Waals surface area contributed by atoms with E-state index >= 15 is 0 Å². The Balaban J connectivity index is 0.840. The summed E-state index contributed by atoms with van der Waals surface area (Å²) in [6.07, 6.45) is 16.1. The van der Waals surface area contributed by atoms with E-state index in [0.717, 1.165) is 43.9 Å². The molecule has 27 nitrogen and oxygen atoms in total. The molecule has 7 heterocycles. The van der Waals surface area contributed by atoms with Gasteiger partial charge in [-0.3, -0.25) is 28.9 Å². The van der Waals surface area contributed by atoms with Crippen LogP contribution in [-0.2, 0) is 63.7 Å². The highest BCUT2D eigenvalue weighted by Gasteiger charge is 2.53. The molecule has 2 amide bonds. The number of nitrogens with two attached hydrogens (primary N) is 1. The monoisotopic (exact) mass is 1460 g/mol. The Labute approximate surface area is 612 Å². The van der Waals surface area contributed by atoms with Crippen LogP contribution >= 0.6 is 12.2 Å². The first-order chi connectivity index (χ1) is 49.3. The molecule has 28 heteroatoms. The Morgan fingerprint density at radius 1 is 0.767 bits per heavy atom. The maximum Gasteiger partial charge on any atom is 0.329 e. The van der Waals surface area contributed by atoms with Gasteiger partial charge in [0.1, 0.15) is 30.5 Å². The molecule has 4 saturated heterocycles. The van der Waals surface area contributed by atoms with E-state index in [1.165, 1.54) is 18.9 Å². The molecular formula is C75H113N11O16S. The minimum atomic E-state index is -2.48. The lowest BCUT2D eigenvalue weighted by atomic mass is 9.80. The molecule has 5 aliphatic heterocycles. The van der Waals surface area contributed by atoms with Crippen LogP contribution in [-0.4, -0.2) is 257 Å². The number of aliphatic hydroxyl groups is 3. The number of anilines is 2. The molecule has 0 unspecified atom stereocenters. The van der Waals surface area contributed by atoms with Gasteiger partial charge in [0.05, 0.1) is 49.6 Å². The highest BCUT2D eigenvalue weighted by Crippen LogP contribution is 2.38. The van der Waals surface area contributed by atoms with Gasteiger partial charge >= 0.3 is 5.97 Å². The van der Waals surface area contributed by atoms with E-state index in [1.54, 1.807) is 65.9 Å². The number of carbonyl (C=O) groups excluding carboxylic acids is 6. The Morgan fingerprint density at radius 3 is 2.11 bits per heavy atom. The molecule has 570 valence electrons. The molecule has 103 heavy (non-hydrogen) atoms. The van der Waals surface area contributed by atoms with Crippen molar-refractivity contribution in [2.45, 2.75) is 205 Å². The van der Waals surface area contributed by atoms with Gasteiger partial charge in [-0.15, -0.1) is 0 Å². The number of carbonyl (C=O) groups is 6. The SMILES string of the molecule is CO[C@H]1C[C@@H]2CC[C@@H](C)[C@@](O)(O2)C(=O)C(=O)N2CCCC[C@H]2C(=O)O[C@H]([C@H](N)C[C@@H]2CC[C@@H](OC(=S)NCc3cnc(N4CCN(C(=O)CCOCCN5CCN(c6ncc(C(C)=O)cn6)CC5)CC4)nc3)[C@H](OC)C2)C[C@@H](O)[C@H](C)/C=C(\C)[C@@H](O)[C@@H](OC)C(=O)[C@H](C)C[C@H](C)/C=C/C=CC=C1C. The van der Waals surface area contributed by atoms with Gasteiger partial charge in [-0.1, -0.05) is 64.2 Å². The molecule has 6 aliphatic rings. The molecule has 2 aromatic rings. The highest BCUT2D eigenvalue weighted by atomic mass is 32.1. The number of methoxy groups -OCH3 is 3. The zero-order chi connectivity index (χ0) is 74.5. The lowest BCUT2D eigenvalue weighted by Gasteiger charge is -2.43. The van der Waals surface area contributed by atoms with E-state index in [0.29, 0.717) is 133 Å². The topological polar surface area (TPSA) is 334 Å². The number of nitrogens with zero attached hydrogens (tertiary/aromatic N) is 9. The van der Waals surface area contributed by atoms with E-state index in [-0.39, 0.29) is 60.3 Å². The smallest absolute Gasteiger partial charge is 0.329 e. The van der Waals surface area contributed by atoms with Crippen LogP contribution in [0.2, 0.25) is 0 Å². The Kier molecular flexibility index (Phi) is 31.6. The number of amides is 2. The number of nitrogens with one attached hydrogen (secondary N) is 1. The number of thiocarbonyl (C=S) groups is 1. The van der Waals surface area contributed by atoms with Gasteiger partial charge < -0.3 is 79.1 Å². The second kappa shape index (κ2) is 39.7. The number of allylic oxidation sites excluding steroid dienone is 5. The summed E-state index contributed by atoms with van der Waals surface area (Å²) in [5, 5.41) is 39.2. The van der Waals surface area contributed by atoms with Crippen molar-refractivity contribution in [1.82, 2.24) is 40.0 Å². The average molecular weight is 1460 g/mol. The molecule has 2 aromatic heterocycles.